The van der Waals surface area contributed by atoms with Crippen molar-refractivity contribution in [2.45, 2.75) is 45.5 Å². The van der Waals surface area contributed by atoms with Gasteiger partial charge in [0.05, 0.1) is 13.2 Å². The molecule has 0 saturated heterocycles. The number of aliphatic hydroxyl groups excluding tert-OH is 1. The largest absolute Gasteiger partial charge is 0.491 e. The van der Waals surface area contributed by atoms with Gasteiger partial charge in [-0.25, -0.2) is 4.79 Å². The van der Waals surface area contributed by atoms with Crippen molar-refractivity contribution in [3.05, 3.63) is 59.2 Å². The van der Waals surface area contributed by atoms with Gasteiger partial charge in [0.1, 0.15) is 18.5 Å². The molecule has 1 atom stereocenters. The number of carbonyl (C=O) groups excluding carboxylic acids is 1. The highest BCUT2D eigenvalue weighted by atomic mass is 16.5. The Morgan fingerprint density at radius 2 is 1.86 bits per heavy atom. The maximum Gasteiger partial charge on any atom is 0.319 e. The maximum absolute atomic E-state index is 12.0. The molecule has 0 fully saturated rings. The van der Waals surface area contributed by atoms with Crippen LogP contribution < -0.4 is 15.4 Å². The van der Waals surface area contributed by atoms with Crippen LogP contribution >= 0.6 is 0 Å². The Morgan fingerprint density at radius 1 is 1.14 bits per heavy atom. The Morgan fingerprint density at radius 3 is 2.57 bits per heavy atom. The molecule has 6 nitrogen and oxygen atoms in total. The van der Waals surface area contributed by atoms with Crippen molar-refractivity contribution in [1.29, 1.82) is 0 Å². The molecule has 2 aromatic rings. The maximum atomic E-state index is 12.0. The summed E-state index contributed by atoms with van der Waals surface area (Å²) in [6.45, 7) is 7.84. The Hall–Kier alpha value is -2.57. The normalized spacial score (nSPS) is 14.3. The van der Waals surface area contributed by atoms with Crippen LogP contribution in [-0.2, 0) is 23.4 Å². The van der Waals surface area contributed by atoms with Gasteiger partial charge < -0.3 is 25.2 Å². The van der Waals surface area contributed by atoms with E-state index in [1.165, 1.54) is 5.56 Å². The number of nitrogens with one attached hydrogen (secondary N) is 2. The molecule has 6 heteroatoms. The predicted octanol–water partition coefficient (Wildman–Crippen LogP) is 3.58. The molecule has 0 spiro atoms. The van der Waals surface area contributed by atoms with Crippen LogP contribution in [0, 0.1) is 0 Å². The molecule has 1 heterocycles. The van der Waals surface area contributed by atoms with Crippen LogP contribution in [0.5, 0.6) is 5.75 Å². The highest BCUT2D eigenvalue weighted by Crippen LogP contribution is 2.24. The van der Waals surface area contributed by atoms with Gasteiger partial charge in [0.15, 0.2) is 0 Å². The van der Waals surface area contributed by atoms with Crippen LogP contribution in [0.3, 0.4) is 0 Å². The lowest BCUT2D eigenvalue weighted by Gasteiger charge is -2.19. The molecular weight excluding hydrogens is 356 g/mol. The Balaban J connectivity index is 1.40. The van der Waals surface area contributed by atoms with E-state index in [0.29, 0.717) is 24.7 Å². The Bertz CT molecular complexity index is 812. The van der Waals surface area contributed by atoms with Crippen molar-refractivity contribution in [3.8, 4) is 5.75 Å². The van der Waals surface area contributed by atoms with Gasteiger partial charge in [0.2, 0.25) is 0 Å². The van der Waals surface area contributed by atoms with Gasteiger partial charge in [-0.3, -0.25) is 0 Å². The third-order valence-electron chi connectivity index (χ3n) is 4.64. The molecule has 2 amide bonds. The van der Waals surface area contributed by atoms with Crippen LogP contribution in [-0.4, -0.2) is 30.4 Å². The zero-order valence-corrected chi connectivity index (χ0v) is 16.6. The number of hydrogen-bond acceptors (Lipinski definition) is 4. The minimum absolute atomic E-state index is 0.0845. The van der Waals surface area contributed by atoms with Crippen molar-refractivity contribution in [2.75, 3.05) is 18.5 Å². The van der Waals surface area contributed by atoms with E-state index in [2.05, 4.69) is 31.4 Å². The quantitative estimate of drug-likeness (QED) is 0.711. The van der Waals surface area contributed by atoms with Crippen LogP contribution in [0.1, 0.15) is 37.5 Å². The lowest BCUT2D eigenvalue weighted by atomic mass is 9.87. The molecule has 2 aromatic carbocycles. The van der Waals surface area contributed by atoms with Gasteiger partial charge in [-0.05, 0) is 46.4 Å². The average Bonchev–Trinajstić information content (AvgIpc) is 3.12. The summed E-state index contributed by atoms with van der Waals surface area (Å²) >= 11 is 0. The van der Waals surface area contributed by atoms with E-state index in [1.54, 1.807) is 0 Å². The molecule has 0 aliphatic carbocycles. The SMILES string of the molecule is CC(C)(C)c1ccc(OC[C@@H](O)CNC(=O)Nc2ccc3c(c2)COC3)cc1. The number of fused-ring (bicyclic) bond motifs is 1. The smallest absolute Gasteiger partial charge is 0.319 e. The highest BCUT2D eigenvalue weighted by molar-refractivity contribution is 5.89. The van der Waals surface area contributed by atoms with Crippen LogP contribution in [0.15, 0.2) is 42.5 Å². The molecule has 1 aliphatic rings. The van der Waals surface area contributed by atoms with E-state index < -0.39 is 6.10 Å². The summed E-state index contributed by atoms with van der Waals surface area (Å²) < 4.78 is 11.0. The third kappa shape index (κ3) is 5.47. The number of aliphatic hydroxyl groups is 1. The number of anilines is 1. The number of carbonyl (C=O) groups is 1. The fourth-order valence-corrected chi connectivity index (χ4v) is 2.94. The lowest BCUT2D eigenvalue weighted by molar-refractivity contribution is 0.108. The molecule has 3 rings (SSSR count). The van der Waals surface area contributed by atoms with E-state index in [1.807, 2.05) is 42.5 Å². The van der Waals surface area contributed by atoms with Gasteiger partial charge in [0.25, 0.3) is 0 Å². The number of urea groups is 1. The van der Waals surface area contributed by atoms with E-state index >= 15 is 0 Å². The number of amides is 2. The second-order valence-corrected chi connectivity index (χ2v) is 8.05. The fourth-order valence-electron chi connectivity index (χ4n) is 2.94. The second kappa shape index (κ2) is 8.63. The van der Waals surface area contributed by atoms with Crippen LogP contribution in [0.25, 0.3) is 0 Å². The summed E-state index contributed by atoms with van der Waals surface area (Å²) in [4.78, 5) is 12.0. The first-order chi connectivity index (χ1) is 13.3. The van der Waals surface area contributed by atoms with Crippen LogP contribution in [0.2, 0.25) is 0 Å². The molecule has 28 heavy (non-hydrogen) atoms. The molecule has 0 unspecified atom stereocenters. The van der Waals surface area contributed by atoms with Crippen molar-refractivity contribution in [3.63, 3.8) is 0 Å². The van der Waals surface area contributed by atoms with E-state index in [-0.39, 0.29) is 24.6 Å². The summed E-state index contributed by atoms with van der Waals surface area (Å²) in [6.07, 6.45) is -0.804. The van der Waals surface area contributed by atoms with E-state index in [9.17, 15) is 9.90 Å². The van der Waals surface area contributed by atoms with Gasteiger partial charge in [-0.2, -0.15) is 0 Å². The molecule has 150 valence electrons. The zero-order chi connectivity index (χ0) is 20.1. The Labute approximate surface area is 165 Å². The van der Waals surface area contributed by atoms with Crippen molar-refractivity contribution < 1.29 is 19.4 Å². The predicted molar refractivity (Wildman–Crippen MR) is 109 cm³/mol. The number of hydrogen-bond donors (Lipinski definition) is 3. The molecule has 0 radical (unpaired) electrons. The molecule has 0 bridgehead atoms. The number of ether oxygens (including phenoxy) is 2. The second-order valence-electron chi connectivity index (χ2n) is 8.05. The standard InChI is InChI=1S/C22H28N2O4/c1-22(2,3)17-5-8-20(9-6-17)28-14-19(25)11-23-21(26)24-18-7-4-15-12-27-13-16(15)10-18/h4-10,19,25H,11-14H2,1-3H3,(H2,23,24,26)/t19-/m0/s1. The highest BCUT2D eigenvalue weighted by Gasteiger charge is 2.14. The minimum atomic E-state index is -0.804. The molecule has 0 aromatic heterocycles. The number of benzene rings is 2. The van der Waals surface area contributed by atoms with Crippen molar-refractivity contribution in [1.82, 2.24) is 5.32 Å². The Kier molecular flexibility index (Phi) is 6.21. The van der Waals surface area contributed by atoms with Crippen LogP contribution in [0.4, 0.5) is 10.5 Å². The lowest BCUT2D eigenvalue weighted by Crippen LogP contribution is -2.37. The monoisotopic (exact) mass is 384 g/mol. The van der Waals surface area contributed by atoms with Crippen molar-refractivity contribution in [2.24, 2.45) is 0 Å². The molecular formula is C22H28N2O4. The average molecular weight is 384 g/mol. The molecule has 0 saturated carbocycles. The summed E-state index contributed by atoms with van der Waals surface area (Å²) in [5.74, 6) is 0.692. The van der Waals surface area contributed by atoms with Crippen molar-refractivity contribution >= 4 is 11.7 Å². The van der Waals surface area contributed by atoms with Gasteiger partial charge in [-0.15, -0.1) is 0 Å². The summed E-state index contributed by atoms with van der Waals surface area (Å²) in [5, 5.41) is 15.5. The zero-order valence-electron chi connectivity index (χ0n) is 16.6. The first kappa shape index (κ1) is 20.2. The first-order valence-corrected chi connectivity index (χ1v) is 9.47. The molecule has 1 aliphatic heterocycles. The topological polar surface area (TPSA) is 79.8 Å². The molecule has 3 N–H and O–H groups in total. The van der Waals surface area contributed by atoms with Gasteiger partial charge in [-0.1, -0.05) is 39.0 Å². The first-order valence-electron chi connectivity index (χ1n) is 9.47. The van der Waals surface area contributed by atoms with E-state index in [0.717, 1.165) is 11.1 Å². The third-order valence-corrected chi connectivity index (χ3v) is 4.64. The minimum Gasteiger partial charge on any atom is -0.491 e. The van der Waals surface area contributed by atoms with Gasteiger partial charge >= 0.3 is 6.03 Å². The number of rotatable bonds is 6. The van der Waals surface area contributed by atoms with Gasteiger partial charge in [0, 0.05) is 12.2 Å². The summed E-state index contributed by atoms with van der Waals surface area (Å²) in [7, 11) is 0. The summed E-state index contributed by atoms with van der Waals surface area (Å²) in [5.41, 5.74) is 4.24. The summed E-state index contributed by atoms with van der Waals surface area (Å²) in [6, 6.07) is 13.2. The van der Waals surface area contributed by atoms with E-state index in [4.69, 9.17) is 9.47 Å². The fraction of sp³-hybridized carbons (Fsp3) is 0.409.